The SMILES string of the molecule is CC(=CC(C)C)CC(C)O. The van der Waals surface area contributed by atoms with Gasteiger partial charge >= 0.3 is 0 Å². The Morgan fingerprint density at radius 3 is 2.20 bits per heavy atom. The molecule has 1 heteroatoms. The Balaban J connectivity index is 3.71. The molecule has 0 saturated heterocycles. The van der Waals surface area contributed by atoms with Crippen molar-refractivity contribution in [2.24, 2.45) is 5.92 Å². The van der Waals surface area contributed by atoms with Gasteiger partial charge in [0.2, 0.25) is 0 Å². The molecule has 0 aromatic heterocycles. The highest BCUT2D eigenvalue weighted by Gasteiger charge is 1.97. The number of aliphatic hydroxyl groups is 1. The average Bonchev–Trinajstić information content (AvgIpc) is 1.58. The maximum Gasteiger partial charge on any atom is 0.0549 e. The molecule has 0 aliphatic rings. The van der Waals surface area contributed by atoms with Gasteiger partial charge in [0.1, 0.15) is 0 Å². The lowest BCUT2D eigenvalue weighted by Crippen LogP contribution is -2.00. The summed E-state index contributed by atoms with van der Waals surface area (Å²) in [5.41, 5.74) is 1.28. The summed E-state index contributed by atoms with van der Waals surface area (Å²) in [5.74, 6) is 0.596. The Morgan fingerprint density at radius 1 is 1.40 bits per heavy atom. The third-order valence-electron chi connectivity index (χ3n) is 1.24. The molecule has 60 valence electrons. The van der Waals surface area contributed by atoms with Crippen LogP contribution in [0.3, 0.4) is 0 Å². The molecule has 0 aliphatic carbocycles. The van der Waals surface area contributed by atoms with Crippen LogP contribution in [0.1, 0.15) is 34.1 Å². The normalized spacial score (nSPS) is 16.0. The topological polar surface area (TPSA) is 20.2 Å². The van der Waals surface area contributed by atoms with Gasteiger partial charge in [-0.15, -0.1) is 0 Å². The van der Waals surface area contributed by atoms with Gasteiger partial charge in [-0.1, -0.05) is 25.5 Å². The lowest BCUT2D eigenvalue weighted by molar-refractivity contribution is 0.195. The van der Waals surface area contributed by atoms with E-state index in [0.717, 1.165) is 6.42 Å². The van der Waals surface area contributed by atoms with Gasteiger partial charge in [0.25, 0.3) is 0 Å². The van der Waals surface area contributed by atoms with Crippen LogP contribution in [0.5, 0.6) is 0 Å². The first-order valence-corrected chi connectivity index (χ1v) is 3.87. The second-order valence-corrected chi connectivity index (χ2v) is 3.31. The molecule has 0 fully saturated rings. The van der Waals surface area contributed by atoms with E-state index in [-0.39, 0.29) is 6.10 Å². The van der Waals surface area contributed by atoms with Crippen LogP contribution in [0, 0.1) is 5.92 Å². The van der Waals surface area contributed by atoms with Gasteiger partial charge in [-0.05, 0) is 26.2 Å². The van der Waals surface area contributed by atoms with Crippen LogP contribution in [-0.4, -0.2) is 11.2 Å². The summed E-state index contributed by atoms with van der Waals surface area (Å²) < 4.78 is 0. The fourth-order valence-electron chi connectivity index (χ4n) is 1.10. The summed E-state index contributed by atoms with van der Waals surface area (Å²) in [5, 5.41) is 8.99. The van der Waals surface area contributed by atoms with Gasteiger partial charge in [-0.3, -0.25) is 0 Å². The van der Waals surface area contributed by atoms with Crippen molar-refractivity contribution in [3.63, 3.8) is 0 Å². The molecule has 0 aliphatic heterocycles. The van der Waals surface area contributed by atoms with E-state index in [1.807, 2.05) is 6.92 Å². The van der Waals surface area contributed by atoms with Gasteiger partial charge in [0, 0.05) is 0 Å². The zero-order chi connectivity index (χ0) is 8.15. The van der Waals surface area contributed by atoms with Gasteiger partial charge in [-0.2, -0.15) is 0 Å². The predicted octanol–water partition coefficient (Wildman–Crippen LogP) is 2.36. The monoisotopic (exact) mass is 142 g/mol. The van der Waals surface area contributed by atoms with Gasteiger partial charge < -0.3 is 5.11 Å². The summed E-state index contributed by atoms with van der Waals surface area (Å²) in [6.45, 7) is 8.17. The molecule has 1 atom stereocenters. The number of allylic oxidation sites excluding steroid dienone is 1. The van der Waals surface area contributed by atoms with Crippen molar-refractivity contribution in [2.75, 3.05) is 0 Å². The van der Waals surface area contributed by atoms with Crippen LogP contribution in [0.25, 0.3) is 0 Å². The molecule has 1 nitrogen and oxygen atoms in total. The van der Waals surface area contributed by atoms with E-state index in [0.29, 0.717) is 5.92 Å². The molecule has 1 unspecified atom stereocenters. The number of rotatable bonds is 3. The zero-order valence-electron chi connectivity index (χ0n) is 7.39. The van der Waals surface area contributed by atoms with E-state index < -0.39 is 0 Å². The molecule has 0 aromatic carbocycles. The molecule has 0 radical (unpaired) electrons. The van der Waals surface area contributed by atoms with Crippen molar-refractivity contribution in [3.05, 3.63) is 11.6 Å². The molecule has 0 heterocycles. The van der Waals surface area contributed by atoms with Gasteiger partial charge in [0.15, 0.2) is 0 Å². The zero-order valence-corrected chi connectivity index (χ0v) is 7.39. The van der Waals surface area contributed by atoms with Crippen LogP contribution in [0.4, 0.5) is 0 Å². The summed E-state index contributed by atoms with van der Waals surface area (Å²) in [7, 11) is 0. The second kappa shape index (κ2) is 4.51. The minimum atomic E-state index is -0.199. The highest BCUT2D eigenvalue weighted by Crippen LogP contribution is 2.07. The molecule has 0 bridgehead atoms. The molecule has 0 rings (SSSR count). The fraction of sp³-hybridized carbons (Fsp3) is 0.778. The Hall–Kier alpha value is -0.300. The second-order valence-electron chi connectivity index (χ2n) is 3.31. The number of aliphatic hydroxyl groups excluding tert-OH is 1. The first-order chi connectivity index (χ1) is 4.52. The first-order valence-electron chi connectivity index (χ1n) is 3.87. The summed E-state index contributed by atoms with van der Waals surface area (Å²) in [6.07, 6.45) is 2.79. The van der Waals surface area contributed by atoms with Crippen LogP contribution in [0.2, 0.25) is 0 Å². The van der Waals surface area contributed by atoms with Crippen molar-refractivity contribution in [2.45, 2.75) is 40.2 Å². The summed E-state index contributed by atoms with van der Waals surface area (Å²) >= 11 is 0. The quantitative estimate of drug-likeness (QED) is 0.600. The molecule has 10 heavy (non-hydrogen) atoms. The molecule has 1 N–H and O–H groups in total. The minimum Gasteiger partial charge on any atom is -0.393 e. The lowest BCUT2D eigenvalue weighted by Gasteiger charge is -2.05. The highest BCUT2D eigenvalue weighted by molar-refractivity contribution is 5.00. The largest absolute Gasteiger partial charge is 0.393 e. The third kappa shape index (κ3) is 5.83. The molecule has 0 spiro atoms. The van der Waals surface area contributed by atoms with Crippen LogP contribution < -0.4 is 0 Å². The first kappa shape index (κ1) is 9.70. The summed E-state index contributed by atoms with van der Waals surface area (Å²) in [6, 6.07) is 0. The summed E-state index contributed by atoms with van der Waals surface area (Å²) in [4.78, 5) is 0. The van der Waals surface area contributed by atoms with E-state index >= 15 is 0 Å². The Kier molecular flexibility index (Phi) is 4.37. The Morgan fingerprint density at radius 2 is 1.90 bits per heavy atom. The van der Waals surface area contributed by atoms with E-state index in [1.54, 1.807) is 0 Å². The Bertz CT molecular complexity index is 112. The van der Waals surface area contributed by atoms with Crippen molar-refractivity contribution in [1.82, 2.24) is 0 Å². The molecular formula is C9H18O. The van der Waals surface area contributed by atoms with Gasteiger partial charge in [0.05, 0.1) is 6.10 Å². The molecule has 0 amide bonds. The lowest BCUT2D eigenvalue weighted by atomic mass is 10.1. The van der Waals surface area contributed by atoms with E-state index in [9.17, 15) is 0 Å². The number of hydrogen-bond acceptors (Lipinski definition) is 1. The number of hydrogen-bond donors (Lipinski definition) is 1. The van der Waals surface area contributed by atoms with Crippen molar-refractivity contribution >= 4 is 0 Å². The van der Waals surface area contributed by atoms with Crippen LogP contribution >= 0.6 is 0 Å². The fourth-order valence-corrected chi connectivity index (χ4v) is 1.10. The highest BCUT2D eigenvalue weighted by atomic mass is 16.3. The maximum absolute atomic E-state index is 8.99. The van der Waals surface area contributed by atoms with E-state index in [2.05, 4.69) is 26.8 Å². The van der Waals surface area contributed by atoms with Crippen molar-refractivity contribution < 1.29 is 5.11 Å². The van der Waals surface area contributed by atoms with E-state index in [4.69, 9.17) is 5.11 Å². The van der Waals surface area contributed by atoms with Crippen LogP contribution in [-0.2, 0) is 0 Å². The molecule has 0 aromatic rings. The molecule has 0 saturated carbocycles. The third-order valence-corrected chi connectivity index (χ3v) is 1.24. The smallest absolute Gasteiger partial charge is 0.0549 e. The predicted molar refractivity (Wildman–Crippen MR) is 44.9 cm³/mol. The van der Waals surface area contributed by atoms with Crippen molar-refractivity contribution in [1.29, 1.82) is 0 Å². The van der Waals surface area contributed by atoms with Crippen molar-refractivity contribution in [3.8, 4) is 0 Å². The molecular weight excluding hydrogens is 124 g/mol. The minimum absolute atomic E-state index is 0.199. The van der Waals surface area contributed by atoms with Crippen LogP contribution in [0.15, 0.2) is 11.6 Å². The maximum atomic E-state index is 8.99. The van der Waals surface area contributed by atoms with E-state index in [1.165, 1.54) is 5.57 Å². The van der Waals surface area contributed by atoms with Gasteiger partial charge in [-0.25, -0.2) is 0 Å². The Labute approximate surface area is 63.8 Å². The standard InChI is InChI=1S/C9H18O/c1-7(2)5-8(3)6-9(4)10/h5,7,9-10H,6H2,1-4H3. The average molecular weight is 142 g/mol.